The molecule has 7 heteroatoms. The van der Waals surface area contributed by atoms with Crippen LogP contribution in [0.4, 0.5) is 10.4 Å². The first kappa shape index (κ1) is 13.9. The van der Waals surface area contributed by atoms with Crippen LogP contribution in [0.2, 0.25) is 0 Å². The van der Waals surface area contributed by atoms with Gasteiger partial charge in [-0.3, -0.25) is 0 Å². The summed E-state index contributed by atoms with van der Waals surface area (Å²) in [7, 11) is 0. The highest BCUT2D eigenvalue weighted by atomic mass is 19.1. The summed E-state index contributed by atoms with van der Waals surface area (Å²) in [6, 6.07) is 4.96. The van der Waals surface area contributed by atoms with Crippen LogP contribution in [0.3, 0.4) is 0 Å². The number of hydrogen-bond donors (Lipinski definition) is 0. The van der Waals surface area contributed by atoms with Gasteiger partial charge in [0.15, 0.2) is 11.4 Å². The summed E-state index contributed by atoms with van der Waals surface area (Å²) in [6.07, 6.45) is 4.18. The molecule has 1 aromatic carbocycles. The molecule has 1 aliphatic carbocycles. The van der Waals surface area contributed by atoms with Crippen molar-refractivity contribution in [3.63, 3.8) is 0 Å². The molecule has 0 spiro atoms. The predicted molar refractivity (Wildman–Crippen MR) is 84.4 cm³/mol. The molecular formula is C17H17FN4O2. The molecule has 124 valence electrons. The molecule has 3 heterocycles. The molecule has 5 rings (SSSR count). The van der Waals surface area contributed by atoms with Gasteiger partial charge in [0.25, 0.3) is 6.01 Å². The number of piperidine rings is 1. The van der Waals surface area contributed by atoms with Gasteiger partial charge in [-0.2, -0.15) is 9.97 Å². The molecule has 6 nitrogen and oxygen atoms in total. The number of hydrogen-bond acceptors (Lipinski definition) is 6. The fourth-order valence-electron chi connectivity index (χ4n) is 3.26. The van der Waals surface area contributed by atoms with E-state index in [0.29, 0.717) is 29.0 Å². The largest absolute Gasteiger partial charge is 0.423 e. The minimum Gasteiger partial charge on any atom is -0.423 e. The first-order valence-electron chi connectivity index (χ1n) is 8.41. The van der Waals surface area contributed by atoms with Crippen molar-refractivity contribution in [2.45, 2.75) is 37.5 Å². The Hall–Kier alpha value is -2.44. The van der Waals surface area contributed by atoms with E-state index in [1.807, 2.05) is 0 Å². The Morgan fingerprint density at radius 3 is 2.67 bits per heavy atom. The van der Waals surface area contributed by atoms with Gasteiger partial charge in [0.2, 0.25) is 5.89 Å². The smallest absolute Gasteiger partial charge is 0.298 e. The first-order chi connectivity index (χ1) is 11.8. The van der Waals surface area contributed by atoms with Crippen LogP contribution in [0.15, 0.2) is 27.1 Å². The topological polar surface area (TPSA) is 68.2 Å². The van der Waals surface area contributed by atoms with E-state index in [4.69, 9.17) is 8.94 Å². The van der Waals surface area contributed by atoms with Gasteiger partial charge in [-0.15, -0.1) is 0 Å². The maximum Gasteiger partial charge on any atom is 0.298 e. The summed E-state index contributed by atoms with van der Waals surface area (Å²) in [6.45, 7) is 1.63. The monoisotopic (exact) mass is 328 g/mol. The minimum absolute atomic E-state index is 0.301. The third-order valence-electron chi connectivity index (χ3n) is 4.85. The van der Waals surface area contributed by atoms with Gasteiger partial charge in [0.05, 0.1) is 0 Å². The number of aromatic nitrogens is 3. The SMILES string of the molecule is Fc1ccc2oc(N3CCC(c4noc(C5CC5)n4)CC3)nc2c1. The Morgan fingerprint density at radius 2 is 1.88 bits per heavy atom. The Balaban J connectivity index is 1.29. The average molecular weight is 328 g/mol. The molecule has 2 aliphatic rings. The van der Waals surface area contributed by atoms with Crippen LogP contribution in [0.1, 0.15) is 49.2 Å². The van der Waals surface area contributed by atoms with Crippen molar-refractivity contribution in [1.29, 1.82) is 0 Å². The number of benzene rings is 1. The molecule has 2 aromatic heterocycles. The van der Waals surface area contributed by atoms with E-state index >= 15 is 0 Å². The Bertz CT molecular complexity index is 878. The average Bonchev–Trinajstić information content (AvgIpc) is 3.18. The van der Waals surface area contributed by atoms with E-state index in [0.717, 1.165) is 37.6 Å². The molecular weight excluding hydrogens is 311 g/mol. The molecule has 0 amide bonds. The Kier molecular flexibility index (Phi) is 3.08. The molecule has 0 N–H and O–H groups in total. The molecule has 3 aromatic rings. The van der Waals surface area contributed by atoms with Gasteiger partial charge >= 0.3 is 0 Å². The summed E-state index contributed by atoms with van der Waals surface area (Å²) in [4.78, 5) is 11.1. The second-order valence-corrected chi connectivity index (χ2v) is 6.63. The molecule has 1 saturated heterocycles. The number of nitrogens with zero attached hydrogens (tertiary/aromatic N) is 4. The minimum atomic E-state index is -0.301. The predicted octanol–water partition coefficient (Wildman–Crippen LogP) is 3.61. The lowest BCUT2D eigenvalue weighted by atomic mass is 9.96. The van der Waals surface area contributed by atoms with Gasteiger partial charge in [-0.1, -0.05) is 5.16 Å². The highest BCUT2D eigenvalue weighted by Gasteiger charge is 2.32. The van der Waals surface area contributed by atoms with Crippen molar-refractivity contribution >= 4 is 17.1 Å². The molecule has 2 fully saturated rings. The van der Waals surface area contributed by atoms with Crippen molar-refractivity contribution in [2.24, 2.45) is 0 Å². The second-order valence-electron chi connectivity index (χ2n) is 6.63. The second kappa shape index (κ2) is 5.29. The molecule has 1 aliphatic heterocycles. The summed E-state index contributed by atoms with van der Waals surface area (Å²) in [5.41, 5.74) is 1.17. The lowest BCUT2D eigenvalue weighted by Gasteiger charge is -2.29. The van der Waals surface area contributed by atoms with Crippen LogP contribution in [0, 0.1) is 5.82 Å². The van der Waals surface area contributed by atoms with Crippen LogP contribution >= 0.6 is 0 Å². The number of rotatable bonds is 3. The van der Waals surface area contributed by atoms with Crippen molar-refractivity contribution in [1.82, 2.24) is 15.1 Å². The quantitative estimate of drug-likeness (QED) is 0.731. The van der Waals surface area contributed by atoms with E-state index in [2.05, 4.69) is 20.0 Å². The van der Waals surface area contributed by atoms with Gasteiger partial charge in [-0.25, -0.2) is 4.39 Å². The number of halogens is 1. The van der Waals surface area contributed by atoms with E-state index in [1.165, 1.54) is 25.0 Å². The zero-order valence-electron chi connectivity index (χ0n) is 13.1. The summed E-state index contributed by atoms with van der Waals surface area (Å²) < 4.78 is 24.4. The molecule has 0 atom stereocenters. The van der Waals surface area contributed by atoms with Gasteiger partial charge in [0.1, 0.15) is 11.3 Å². The Morgan fingerprint density at radius 1 is 1.04 bits per heavy atom. The van der Waals surface area contributed by atoms with Crippen LogP contribution in [-0.2, 0) is 0 Å². The highest BCUT2D eigenvalue weighted by molar-refractivity contribution is 5.74. The van der Waals surface area contributed by atoms with Crippen molar-refractivity contribution in [2.75, 3.05) is 18.0 Å². The molecule has 0 bridgehead atoms. The van der Waals surface area contributed by atoms with Crippen LogP contribution < -0.4 is 4.90 Å². The van der Waals surface area contributed by atoms with E-state index in [9.17, 15) is 4.39 Å². The number of anilines is 1. The highest BCUT2D eigenvalue weighted by Crippen LogP contribution is 2.40. The fraction of sp³-hybridized carbons (Fsp3) is 0.471. The van der Waals surface area contributed by atoms with E-state index in [-0.39, 0.29) is 5.82 Å². The van der Waals surface area contributed by atoms with Crippen molar-refractivity contribution < 1.29 is 13.3 Å². The van der Waals surface area contributed by atoms with Crippen LogP contribution in [0.5, 0.6) is 0 Å². The van der Waals surface area contributed by atoms with Crippen LogP contribution in [-0.4, -0.2) is 28.2 Å². The number of oxazole rings is 1. The summed E-state index contributed by atoms with van der Waals surface area (Å²) in [5, 5.41) is 4.16. The summed E-state index contributed by atoms with van der Waals surface area (Å²) in [5.74, 6) is 2.14. The zero-order chi connectivity index (χ0) is 16.1. The molecule has 0 unspecified atom stereocenters. The molecule has 0 radical (unpaired) electrons. The zero-order valence-corrected chi connectivity index (χ0v) is 13.1. The normalized spacial score (nSPS) is 19.3. The lowest BCUT2D eigenvalue weighted by molar-refractivity contribution is 0.363. The van der Waals surface area contributed by atoms with Crippen LogP contribution in [0.25, 0.3) is 11.1 Å². The van der Waals surface area contributed by atoms with E-state index in [1.54, 1.807) is 6.07 Å². The fourth-order valence-corrected chi connectivity index (χ4v) is 3.26. The maximum atomic E-state index is 13.3. The molecule has 24 heavy (non-hydrogen) atoms. The third-order valence-corrected chi connectivity index (χ3v) is 4.85. The lowest BCUT2D eigenvalue weighted by Crippen LogP contribution is -2.33. The van der Waals surface area contributed by atoms with Crippen molar-refractivity contribution in [3.8, 4) is 0 Å². The standard InChI is InChI=1S/C17H17FN4O2/c18-12-3-4-14-13(9-12)19-17(23-14)22-7-5-10(6-8-22)15-20-16(24-21-15)11-1-2-11/h3-4,9-11H,1-2,5-8H2. The maximum absolute atomic E-state index is 13.3. The first-order valence-corrected chi connectivity index (χ1v) is 8.41. The Labute approximate surface area is 137 Å². The number of fused-ring (bicyclic) bond motifs is 1. The van der Waals surface area contributed by atoms with E-state index < -0.39 is 0 Å². The molecule has 1 saturated carbocycles. The van der Waals surface area contributed by atoms with Gasteiger partial charge in [-0.05, 0) is 37.8 Å². The third kappa shape index (κ3) is 2.44. The summed E-state index contributed by atoms with van der Waals surface area (Å²) >= 11 is 0. The van der Waals surface area contributed by atoms with Gasteiger partial charge in [0, 0.05) is 31.0 Å². The van der Waals surface area contributed by atoms with Crippen molar-refractivity contribution in [3.05, 3.63) is 35.7 Å². The van der Waals surface area contributed by atoms with Gasteiger partial charge < -0.3 is 13.8 Å².